The molecule has 1 aliphatic carbocycles. The number of hydrogen-bond donors (Lipinski definition) is 0. The van der Waals surface area contributed by atoms with E-state index in [2.05, 4.69) is 78.6 Å². The van der Waals surface area contributed by atoms with Gasteiger partial charge in [-0.15, -0.1) is 0 Å². The van der Waals surface area contributed by atoms with E-state index in [4.69, 9.17) is 0 Å². The van der Waals surface area contributed by atoms with E-state index < -0.39 is 0 Å². The van der Waals surface area contributed by atoms with Crippen molar-refractivity contribution in [2.24, 2.45) is 5.92 Å². The lowest BCUT2D eigenvalue weighted by molar-refractivity contribution is 0.0968. The number of rotatable bonds is 7. The molecule has 1 heterocycles. The minimum Gasteiger partial charge on any atom is -0.303 e. The van der Waals surface area contributed by atoms with Crippen LogP contribution in [0.25, 0.3) is 11.1 Å². The van der Waals surface area contributed by atoms with Gasteiger partial charge in [0.2, 0.25) is 0 Å². The molecule has 0 bridgehead atoms. The number of benzene rings is 3. The van der Waals surface area contributed by atoms with Gasteiger partial charge in [0.25, 0.3) is 0 Å². The lowest BCUT2D eigenvalue weighted by Gasteiger charge is -2.39. The minimum absolute atomic E-state index is 0.218. The molecular weight excluding hydrogens is 431 g/mol. The Bertz CT molecular complexity index is 1260. The second-order valence-electron chi connectivity index (χ2n) is 10.1. The molecule has 0 saturated carbocycles. The van der Waals surface area contributed by atoms with Crippen LogP contribution < -0.4 is 0 Å². The molecule has 2 nitrogen and oxygen atoms in total. The van der Waals surface area contributed by atoms with Gasteiger partial charge < -0.3 is 4.90 Å². The number of allylic oxidation sites excluding steroid dienone is 1. The van der Waals surface area contributed by atoms with Crippen LogP contribution in [0.15, 0.2) is 66.7 Å². The van der Waals surface area contributed by atoms with Crippen molar-refractivity contribution in [1.82, 2.24) is 4.90 Å². The maximum atomic E-state index is 12.4. The SMILES string of the molecule is Cc1ccc(C#N)cc1C1=C(c2ccc(CC3CN(CCCF)C3)cc2)c2ccccc2CCC1. The summed E-state index contributed by atoms with van der Waals surface area (Å²) < 4.78 is 12.4. The van der Waals surface area contributed by atoms with Gasteiger partial charge in [0.1, 0.15) is 0 Å². The first-order chi connectivity index (χ1) is 17.2. The summed E-state index contributed by atoms with van der Waals surface area (Å²) in [7, 11) is 0. The fourth-order valence-corrected chi connectivity index (χ4v) is 5.75. The van der Waals surface area contributed by atoms with E-state index in [-0.39, 0.29) is 6.67 Å². The predicted molar refractivity (Wildman–Crippen MR) is 142 cm³/mol. The van der Waals surface area contributed by atoms with Crippen LogP contribution in [-0.2, 0) is 12.8 Å². The maximum Gasteiger partial charge on any atom is 0.0991 e. The van der Waals surface area contributed by atoms with Gasteiger partial charge in [-0.25, -0.2) is 0 Å². The van der Waals surface area contributed by atoms with Gasteiger partial charge in [-0.2, -0.15) is 5.26 Å². The molecule has 5 rings (SSSR count). The van der Waals surface area contributed by atoms with Crippen molar-refractivity contribution in [2.75, 3.05) is 26.3 Å². The zero-order valence-electron chi connectivity index (χ0n) is 20.6. The van der Waals surface area contributed by atoms with Crippen LogP contribution in [0.3, 0.4) is 0 Å². The van der Waals surface area contributed by atoms with E-state index in [1.807, 2.05) is 6.07 Å². The second kappa shape index (κ2) is 10.6. The summed E-state index contributed by atoms with van der Waals surface area (Å²) in [4.78, 5) is 2.36. The molecule has 3 aromatic carbocycles. The van der Waals surface area contributed by atoms with Gasteiger partial charge in [0.05, 0.1) is 18.3 Å². The lowest BCUT2D eigenvalue weighted by Crippen LogP contribution is -2.47. The van der Waals surface area contributed by atoms with Crippen LogP contribution in [-0.4, -0.2) is 31.2 Å². The van der Waals surface area contributed by atoms with Crippen LogP contribution in [0, 0.1) is 24.2 Å². The highest BCUT2D eigenvalue weighted by Crippen LogP contribution is 2.41. The topological polar surface area (TPSA) is 27.0 Å². The number of nitriles is 1. The lowest BCUT2D eigenvalue weighted by atomic mass is 9.85. The molecular formula is C32H33FN2. The number of fused-ring (bicyclic) bond motifs is 1. The largest absolute Gasteiger partial charge is 0.303 e. The highest BCUT2D eigenvalue weighted by Gasteiger charge is 2.26. The van der Waals surface area contributed by atoms with Crippen LogP contribution in [0.2, 0.25) is 0 Å². The van der Waals surface area contributed by atoms with Crippen molar-refractivity contribution >= 4 is 11.1 Å². The number of halogens is 1. The van der Waals surface area contributed by atoms with Gasteiger partial charge in [0.15, 0.2) is 0 Å². The van der Waals surface area contributed by atoms with Crippen LogP contribution in [0.4, 0.5) is 4.39 Å². The summed E-state index contributed by atoms with van der Waals surface area (Å²) in [5.41, 5.74) is 11.1. The zero-order chi connectivity index (χ0) is 24.2. The second-order valence-corrected chi connectivity index (χ2v) is 10.1. The van der Waals surface area contributed by atoms with E-state index >= 15 is 0 Å². The summed E-state index contributed by atoms with van der Waals surface area (Å²) in [6, 6.07) is 26.3. The van der Waals surface area contributed by atoms with Crippen molar-refractivity contribution in [3.05, 3.63) is 106 Å². The molecule has 3 heteroatoms. The summed E-state index contributed by atoms with van der Waals surface area (Å²) in [5, 5.41) is 9.55. The third kappa shape index (κ3) is 5.09. The standard InChI is InChI=1S/C32H33FN2/c1-23-10-11-25(20-34)19-31(23)30-9-4-7-27-6-2-3-8-29(27)32(30)28-14-12-24(13-15-28)18-26-21-35(22-26)17-5-16-33/h2-3,6,8,10-15,19,26H,4-5,7,9,16-18,21-22H2,1H3. The van der Waals surface area contributed by atoms with E-state index in [0.717, 1.165) is 45.3 Å². The average Bonchev–Trinajstić information content (AvgIpc) is 3.06. The third-order valence-electron chi connectivity index (χ3n) is 7.56. The predicted octanol–water partition coefficient (Wildman–Crippen LogP) is 7.00. The number of likely N-dealkylation sites (tertiary alicyclic amines) is 1. The Morgan fingerprint density at radius 1 is 0.971 bits per heavy atom. The summed E-state index contributed by atoms with van der Waals surface area (Å²) >= 11 is 0. The Hall–Kier alpha value is -3.22. The molecule has 1 fully saturated rings. The summed E-state index contributed by atoms with van der Waals surface area (Å²) in [5.74, 6) is 0.671. The first-order valence-corrected chi connectivity index (χ1v) is 12.9. The van der Waals surface area contributed by atoms with Crippen molar-refractivity contribution in [3.63, 3.8) is 0 Å². The molecule has 0 radical (unpaired) electrons. The number of hydrogen-bond acceptors (Lipinski definition) is 2. The molecule has 0 atom stereocenters. The van der Waals surface area contributed by atoms with E-state index in [0.29, 0.717) is 17.9 Å². The molecule has 3 aromatic rings. The van der Waals surface area contributed by atoms with E-state index in [1.54, 1.807) is 0 Å². The number of alkyl halides is 1. The van der Waals surface area contributed by atoms with Crippen molar-refractivity contribution in [3.8, 4) is 6.07 Å². The van der Waals surface area contributed by atoms with Crippen molar-refractivity contribution < 1.29 is 4.39 Å². The van der Waals surface area contributed by atoms with Gasteiger partial charge in [-0.05, 0) is 102 Å². The fourth-order valence-electron chi connectivity index (χ4n) is 5.75. The first-order valence-electron chi connectivity index (χ1n) is 12.9. The molecule has 2 aliphatic rings. The van der Waals surface area contributed by atoms with Crippen LogP contribution in [0.1, 0.15) is 58.2 Å². The summed E-state index contributed by atoms with van der Waals surface area (Å²) in [6.45, 7) is 4.98. The molecule has 0 unspecified atom stereocenters. The maximum absolute atomic E-state index is 12.4. The Morgan fingerprint density at radius 3 is 2.54 bits per heavy atom. The summed E-state index contributed by atoms with van der Waals surface area (Å²) in [6.07, 6.45) is 4.90. The smallest absolute Gasteiger partial charge is 0.0991 e. The van der Waals surface area contributed by atoms with Crippen LogP contribution in [0.5, 0.6) is 0 Å². The molecule has 0 aromatic heterocycles. The number of nitrogens with zero attached hydrogens (tertiary/aromatic N) is 2. The molecule has 1 saturated heterocycles. The molecule has 0 N–H and O–H groups in total. The fraction of sp³-hybridized carbons (Fsp3) is 0.344. The third-order valence-corrected chi connectivity index (χ3v) is 7.56. The van der Waals surface area contributed by atoms with E-state index in [1.165, 1.54) is 44.5 Å². The van der Waals surface area contributed by atoms with Crippen LogP contribution >= 0.6 is 0 Å². The van der Waals surface area contributed by atoms with E-state index in [9.17, 15) is 9.65 Å². The molecule has 35 heavy (non-hydrogen) atoms. The number of aryl methyl sites for hydroxylation is 2. The van der Waals surface area contributed by atoms with Gasteiger partial charge >= 0.3 is 0 Å². The minimum atomic E-state index is -0.218. The Labute approximate surface area is 208 Å². The molecule has 0 amide bonds. The average molecular weight is 465 g/mol. The van der Waals surface area contributed by atoms with Crippen molar-refractivity contribution in [2.45, 2.75) is 39.0 Å². The Morgan fingerprint density at radius 2 is 1.77 bits per heavy atom. The highest BCUT2D eigenvalue weighted by molar-refractivity contribution is 6.00. The highest BCUT2D eigenvalue weighted by atomic mass is 19.1. The van der Waals surface area contributed by atoms with Crippen molar-refractivity contribution in [1.29, 1.82) is 5.26 Å². The molecule has 178 valence electrons. The molecule has 0 spiro atoms. The molecule has 1 aliphatic heterocycles. The monoisotopic (exact) mass is 464 g/mol. The van der Waals surface area contributed by atoms with Gasteiger partial charge in [-0.1, -0.05) is 54.6 Å². The van der Waals surface area contributed by atoms with Gasteiger partial charge in [0, 0.05) is 19.6 Å². The Balaban J connectivity index is 1.49. The quantitative estimate of drug-likeness (QED) is 0.377. The Kier molecular flexibility index (Phi) is 7.11. The first kappa shape index (κ1) is 23.5. The zero-order valence-corrected chi connectivity index (χ0v) is 20.6. The normalized spacial score (nSPS) is 16.4. The van der Waals surface area contributed by atoms with Gasteiger partial charge in [-0.3, -0.25) is 4.39 Å².